The second kappa shape index (κ2) is 5.16. The molecule has 1 aromatic rings. The molecule has 0 spiro atoms. The normalized spacial score (nSPS) is 19.7. The predicted octanol–water partition coefficient (Wildman–Crippen LogP) is 4.89. The summed E-state index contributed by atoms with van der Waals surface area (Å²) in [7, 11) is 0. The molecule has 0 bridgehead atoms. The van der Waals surface area contributed by atoms with E-state index in [1.807, 2.05) is 0 Å². The molecule has 0 N–H and O–H groups in total. The molecule has 1 aromatic carbocycles. The minimum absolute atomic E-state index is 0.0341. The SMILES string of the molecule is CC1=CC=CC1c1ccccc1C(C)=NC(C)(C)C. The van der Waals surface area contributed by atoms with Crippen LogP contribution in [-0.4, -0.2) is 11.3 Å². The molecule has 1 unspecified atom stereocenters. The fourth-order valence-electron chi connectivity index (χ4n) is 2.58. The lowest BCUT2D eigenvalue weighted by atomic mass is 9.89. The molecular formula is C18H23N. The molecule has 1 aliphatic rings. The monoisotopic (exact) mass is 253 g/mol. The lowest BCUT2D eigenvalue weighted by Gasteiger charge is -2.19. The van der Waals surface area contributed by atoms with Crippen LogP contribution in [-0.2, 0) is 0 Å². The minimum atomic E-state index is -0.0341. The molecule has 0 saturated heterocycles. The molecule has 0 aliphatic heterocycles. The Morgan fingerprint density at radius 2 is 1.84 bits per heavy atom. The maximum absolute atomic E-state index is 4.81. The van der Waals surface area contributed by atoms with Gasteiger partial charge in [-0.05, 0) is 45.7 Å². The maximum atomic E-state index is 4.81. The molecule has 0 fully saturated rings. The van der Waals surface area contributed by atoms with Crippen LogP contribution in [0.3, 0.4) is 0 Å². The maximum Gasteiger partial charge on any atom is 0.0527 e. The molecule has 19 heavy (non-hydrogen) atoms. The van der Waals surface area contributed by atoms with Crippen molar-refractivity contribution in [3.05, 3.63) is 59.2 Å². The Hall–Kier alpha value is -1.63. The smallest absolute Gasteiger partial charge is 0.0527 e. The van der Waals surface area contributed by atoms with E-state index in [-0.39, 0.29) is 5.54 Å². The third-order valence-corrected chi connectivity index (χ3v) is 3.34. The number of benzene rings is 1. The molecule has 0 saturated carbocycles. The molecule has 1 aliphatic carbocycles. The summed E-state index contributed by atoms with van der Waals surface area (Å²) >= 11 is 0. The van der Waals surface area contributed by atoms with Gasteiger partial charge in [-0.3, -0.25) is 4.99 Å². The van der Waals surface area contributed by atoms with Gasteiger partial charge in [0, 0.05) is 11.6 Å². The summed E-state index contributed by atoms with van der Waals surface area (Å²) in [5.74, 6) is 0.404. The Morgan fingerprint density at radius 1 is 1.16 bits per heavy atom. The number of hydrogen-bond acceptors (Lipinski definition) is 1. The highest BCUT2D eigenvalue weighted by atomic mass is 14.8. The number of rotatable bonds is 2. The zero-order chi connectivity index (χ0) is 14.0. The van der Waals surface area contributed by atoms with Gasteiger partial charge in [-0.25, -0.2) is 0 Å². The number of aliphatic imine (C=N–C) groups is 1. The largest absolute Gasteiger partial charge is 0.284 e. The van der Waals surface area contributed by atoms with Gasteiger partial charge in [0.2, 0.25) is 0 Å². The van der Waals surface area contributed by atoms with E-state index in [4.69, 9.17) is 4.99 Å². The van der Waals surface area contributed by atoms with Crippen molar-refractivity contribution in [2.75, 3.05) is 0 Å². The quantitative estimate of drug-likeness (QED) is 0.665. The van der Waals surface area contributed by atoms with Gasteiger partial charge in [0.25, 0.3) is 0 Å². The van der Waals surface area contributed by atoms with Crippen LogP contribution in [0.4, 0.5) is 0 Å². The van der Waals surface area contributed by atoms with E-state index in [1.165, 1.54) is 16.7 Å². The minimum Gasteiger partial charge on any atom is -0.284 e. The summed E-state index contributed by atoms with van der Waals surface area (Å²) in [6.45, 7) is 10.7. The van der Waals surface area contributed by atoms with Crippen LogP contribution in [0.5, 0.6) is 0 Å². The van der Waals surface area contributed by atoms with E-state index in [9.17, 15) is 0 Å². The van der Waals surface area contributed by atoms with Crippen molar-refractivity contribution in [3.63, 3.8) is 0 Å². The van der Waals surface area contributed by atoms with E-state index in [1.54, 1.807) is 0 Å². The van der Waals surface area contributed by atoms with Crippen LogP contribution in [0.25, 0.3) is 0 Å². The van der Waals surface area contributed by atoms with Gasteiger partial charge >= 0.3 is 0 Å². The molecule has 1 nitrogen and oxygen atoms in total. The first-order chi connectivity index (χ1) is 8.88. The lowest BCUT2D eigenvalue weighted by molar-refractivity contribution is 0.583. The predicted molar refractivity (Wildman–Crippen MR) is 84.0 cm³/mol. The topological polar surface area (TPSA) is 12.4 Å². The average molecular weight is 253 g/mol. The molecule has 2 rings (SSSR count). The molecule has 100 valence electrons. The Kier molecular flexibility index (Phi) is 3.75. The van der Waals surface area contributed by atoms with Crippen LogP contribution in [0.15, 0.2) is 53.1 Å². The third kappa shape index (κ3) is 3.23. The van der Waals surface area contributed by atoms with Crippen LogP contribution in [0.2, 0.25) is 0 Å². The van der Waals surface area contributed by atoms with Crippen molar-refractivity contribution in [2.45, 2.75) is 46.1 Å². The standard InChI is InChI=1S/C18H23N/c1-13-9-8-12-15(13)17-11-7-6-10-16(17)14(2)19-18(3,4)5/h6-12,15H,1-5H3. The summed E-state index contributed by atoms with van der Waals surface area (Å²) in [6, 6.07) is 8.61. The Balaban J connectivity index is 2.45. The summed E-state index contributed by atoms with van der Waals surface area (Å²) in [4.78, 5) is 4.81. The first kappa shape index (κ1) is 13.8. The van der Waals surface area contributed by atoms with E-state index in [0.717, 1.165) is 5.71 Å². The third-order valence-electron chi connectivity index (χ3n) is 3.34. The summed E-state index contributed by atoms with van der Waals surface area (Å²) in [5, 5.41) is 0. The molecule has 1 atom stereocenters. The van der Waals surface area contributed by atoms with Crippen molar-refractivity contribution in [2.24, 2.45) is 4.99 Å². The highest BCUT2D eigenvalue weighted by Gasteiger charge is 2.18. The van der Waals surface area contributed by atoms with Crippen LogP contribution >= 0.6 is 0 Å². The number of hydrogen-bond donors (Lipinski definition) is 0. The van der Waals surface area contributed by atoms with Gasteiger partial charge in [-0.15, -0.1) is 0 Å². The average Bonchev–Trinajstić information content (AvgIpc) is 2.73. The van der Waals surface area contributed by atoms with Gasteiger partial charge in [-0.2, -0.15) is 0 Å². The van der Waals surface area contributed by atoms with Crippen LogP contribution < -0.4 is 0 Å². The summed E-state index contributed by atoms with van der Waals surface area (Å²) in [6.07, 6.45) is 6.60. The summed E-state index contributed by atoms with van der Waals surface area (Å²) in [5.41, 5.74) is 5.11. The molecule has 0 radical (unpaired) electrons. The Bertz CT molecular complexity index is 553. The second-order valence-electron chi connectivity index (χ2n) is 6.23. The molecule has 1 heteroatoms. The van der Waals surface area contributed by atoms with Crippen molar-refractivity contribution >= 4 is 5.71 Å². The first-order valence-corrected chi connectivity index (χ1v) is 6.89. The van der Waals surface area contributed by atoms with Crippen molar-refractivity contribution in [3.8, 4) is 0 Å². The van der Waals surface area contributed by atoms with Gasteiger partial charge < -0.3 is 0 Å². The fraction of sp³-hybridized carbons (Fsp3) is 0.389. The second-order valence-corrected chi connectivity index (χ2v) is 6.23. The number of nitrogens with zero attached hydrogens (tertiary/aromatic N) is 1. The Morgan fingerprint density at radius 3 is 2.42 bits per heavy atom. The highest BCUT2D eigenvalue weighted by Crippen LogP contribution is 2.32. The van der Waals surface area contributed by atoms with Crippen molar-refractivity contribution in [1.29, 1.82) is 0 Å². The summed E-state index contributed by atoms with van der Waals surface area (Å²) < 4.78 is 0. The van der Waals surface area contributed by atoms with Gasteiger partial charge in [0.1, 0.15) is 0 Å². The Labute approximate surface area is 116 Å². The lowest BCUT2D eigenvalue weighted by Crippen LogP contribution is -2.14. The molecule has 0 amide bonds. The van der Waals surface area contributed by atoms with Crippen LogP contribution in [0.1, 0.15) is 51.7 Å². The van der Waals surface area contributed by atoms with E-state index >= 15 is 0 Å². The molecular weight excluding hydrogens is 230 g/mol. The number of allylic oxidation sites excluding steroid dienone is 4. The van der Waals surface area contributed by atoms with E-state index in [0.29, 0.717) is 5.92 Å². The zero-order valence-corrected chi connectivity index (χ0v) is 12.6. The van der Waals surface area contributed by atoms with E-state index < -0.39 is 0 Å². The highest BCUT2D eigenvalue weighted by molar-refractivity contribution is 6.00. The van der Waals surface area contributed by atoms with Gasteiger partial charge in [0.15, 0.2) is 0 Å². The van der Waals surface area contributed by atoms with Gasteiger partial charge in [0.05, 0.1) is 5.54 Å². The molecule has 0 aromatic heterocycles. The first-order valence-electron chi connectivity index (χ1n) is 6.89. The van der Waals surface area contributed by atoms with Crippen molar-refractivity contribution < 1.29 is 0 Å². The fourth-order valence-corrected chi connectivity index (χ4v) is 2.58. The zero-order valence-electron chi connectivity index (χ0n) is 12.6. The van der Waals surface area contributed by atoms with Crippen molar-refractivity contribution in [1.82, 2.24) is 0 Å². The van der Waals surface area contributed by atoms with Crippen LogP contribution in [0, 0.1) is 0 Å². The molecule has 0 heterocycles. The van der Waals surface area contributed by atoms with E-state index in [2.05, 4.69) is 77.1 Å². The van der Waals surface area contributed by atoms with Gasteiger partial charge in [-0.1, -0.05) is 48.1 Å².